The number of rotatable bonds is 8. The van der Waals surface area contributed by atoms with Crippen LogP contribution in [0.15, 0.2) is 54.6 Å². The third-order valence-corrected chi connectivity index (χ3v) is 7.42. The predicted molar refractivity (Wildman–Crippen MR) is 139 cm³/mol. The van der Waals surface area contributed by atoms with Gasteiger partial charge in [-0.15, -0.1) is 10.2 Å². The average Bonchev–Trinajstić information content (AvgIpc) is 3.25. The molecular weight excluding hydrogens is 458 g/mol. The number of hydrogen-bond donors (Lipinski definition) is 1. The molecule has 0 unspecified atom stereocenters. The maximum atomic E-state index is 12.7. The van der Waals surface area contributed by atoms with Crippen molar-refractivity contribution in [2.45, 2.75) is 70.8 Å². The predicted octanol–water partition coefficient (Wildman–Crippen LogP) is 6.39. The van der Waals surface area contributed by atoms with E-state index in [0.717, 1.165) is 37.1 Å². The molecule has 1 aliphatic carbocycles. The highest BCUT2D eigenvalue weighted by Gasteiger charge is 2.30. The summed E-state index contributed by atoms with van der Waals surface area (Å²) in [5.41, 5.74) is 2.65. The van der Waals surface area contributed by atoms with Gasteiger partial charge in [0.25, 0.3) is 5.91 Å². The second-order valence-corrected chi connectivity index (χ2v) is 11.1. The smallest absolute Gasteiger partial charge is 0.303 e. The van der Waals surface area contributed by atoms with Crippen LogP contribution in [-0.4, -0.2) is 27.7 Å². The zero-order chi connectivity index (χ0) is 24.8. The summed E-state index contributed by atoms with van der Waals surface area (Å²) in [4.78, 5) is 24.0. The van der Waals surface area contributed by atoms with Gasteiger partial charge in [-0.3, -0.25) is 14.9 Å². The molecule has 3 aromatic rings. The van der Waals surface area contributed by atoms with E-state index in [-0.39, 0.29) is 11.9 Å². The minimum absolute atomic E-state index is 0.171. The van der Waals surface area contributed by atoms with Crippen LogP contribution in [0.3, 0.4) is 0 Å². The molecule has 0 bridgehead atoms. The van der Waals surface area contributed by atoms with E-state index in [1.165, 1.54) is 29.4 Å². The minimum Gasteiger partial charge on any atom is -0.460 e. The molecule has 1 saturated carbocycles. The number of carbonyl (C=O) groups excluding carboxylic acids is 2. The number of hydrogen-bond acceptors (Lipinski definition) is 6. The van der Waals surface area contributed by atoms with Crippen molar-refractivity contribution < 1.29 is 14.3 Å². The van der Waals surface area contributed by atoms with E-state index < -0.39 is 5.60 Å². The number of esters is 1. The maximum absolute atomic E-state index is 12.7. The Morgan fingerprint density at radius 1 is 1.00 bits per heavy atom. The largest absolute Gasteiger partial charge is 0.460 e. The first kappa shape index (κ1) is 25.0. The fourth-order valence-corrected chi connectivity index (χ4v) is 5.82. The number of nitrogens with zero attached hydrogens (tertiary/aromatic N) is 2. The van der Waals surface area contributed by atoms with Gasteiger partial charge < -0.3 is 4.74 Å². The molecule has 0 atom stereocenters. The first-order valence-electron chi connectivity index (χ1n) is 12.2. The lowest BCUT2D eigenvalue weighted by molar-refractivity contribution is -0.155. The fraction of sp³-hybridized carbons (Fsp3) is 0.429. The summed E-state index contributed by atoms with van der Waals surface area (Å²) in [6.45, 7) is 5.46. The van der Waals surface area contributed by atoms with Gasteiger partial charge in [-0.1, -0.05) is 53.8 Å². The molecule has 0 aliphatic heterocycles. The number of nitrogens with one attached hydrogen (secondary N) is 1. The molecular formula is C28H33N3O3S. The SMILES string of the molecule is CC(=O)OC(C)(C)CC1CCC(c2ccc(C(=O)Nc3nnc(Cc4ccccc4)s3)cc2)CC1. The number of anilines is 1. The van der Waals surface area contributed by atoms with Crippen molar-refractivity contribution in [3.05, 3.63) is 76.3 Å². The van der Waals surface area contributed by atoms with Crippen LogP contribution < -0.4 is 5.32 Å². The highest BCUT2D eigenvalue weighted by atomic mass is 32.1. The number of carbonyl (C=O) groups is 2. The fourth-order valence-electron chi connectivity index (χ4n) is 5.05. The first-order chi connectivity index (χ1) is 16.8. The van der Waals surface area contributed by atoms with Crippen molar-refractivity contribution in [3.8, 4) is 0 Å². The molecule has 1 aromatic heterocycles. The molecule has 4 rings (SSSR count). The molecule has 7 heteroatoms. The van der Waals surface area contributed by atoms with Crippen molar-refractivity contribution >= 4 is 28.3 Å². The molecule has 1 fully saturated rings. The highest BCUT2D eigenvalue weighted by Crippen LogP contribution is 2.39. The molecule has 1 heterocycles. The quantitative estimate of drug-likeness (QED) is 0.369. The number of ether oxygens (including phenoxy) is 1. The molecule has 0 saturated heterocycles. The van der Waals surface area contributed by atoms with E-state index in [4.69, 9.17) is 4.74 Å². The molecule has 1 amide bonds. The van der Waals surface area contributed by atoms with Crippen LogP contribution in [0.1, 0.15) is 85.3 Å². The molecule has 0 radical (unpaired) electrons. The summed E-state index contributed by atoms with van der Waals surface area (Å²) in [5.74, 6) is 0.690. The number of amides is 1. The number of benzene rings is 2. The summed E-state index contributed by atoms with van der Waals surface area (Å²) in [5, 5.41) is 12.6. The summed E-state index contributed by atoms with van der Waals surface area (Å²) in [6.07, 6.45) is 6.08. The van der Waals surface area contributed by atoms with E-state index in [1.807, 2.05) is 44.2 Å². The minimum atomic E-state index is -0.409. The van der Waals surface area contributed by atoms with E-state index in [2.05, 4.69) is 39.8 Å². The molecule has 1 N–H and O–H groups in total. The van der Waals surface area contributed by atoms with Crippen molar-refractivity contribution in [2.75, 3.05) is 5.32 Å². The second kappa shape index (κ2) is 11.1. The Morgan fingerprint density at radius 2 is 1.69 bits per heavy atom. The topological polar surface area (TPSA) is 81.2 Å². The van der Waals surface area contributed by atoms with Crippen LogP contribution in [0, 0.1) is 5.92 Å². The van der Waals surface area contributed by atoms with E-state index in [1.54, 1.807) is 0 Å². The Hall–Kier alpha value is -3.06. The molecule has 184 valence electrons. The summed E-state index contributed by atoms with van der Waals surface area (Å²) in [6, 6.07) is 18.0. The van der Waals surface area contributed by atoms with Gasteiger partial charge in [-0.25, -0.2) is 0 Å². The van der Waals surface area contributed by atoms with Gasteiger partial charge in [0.2, 0.25) is 5.13 Å². The highest BCUT2D eigenvalue weighted by molar-refractivity contribution is 7.15. The molecule has 35 heavy (non-hydrogen) atoms. The van der Waals surface area contributed by atoms with Crippen molar-refractivity contribution in [3.63, 3.8) is 0 Å². The lowest BCUT2D eigenvalue weighted by Gasteiger charge is -2.34. The summed E-state index contributed by atoms with van der Waals surface area (Å²) < 4.78 is 5.47. The van der Waals surface area contributed by atoms with Crippen LogP contribution in [-0.2, 0) is 16.0 Å². The number of aromatic nitrogens is 2. The zero-order valence-electron chi connectivity index (χ0n) is 20.6. The summed E-state index contributed by atoms with van der Waals surface area (Å²) >= 11 is 1.40. The second-order valence-electron chi connectivity index (χ2n) is 10.0. The molecule has 1 aliphatic rings. The van der Waals surface area contributed by atoms with Crippen molar-refractivity contribution in [2.24, 2.45) is 5.92 Å². The van der Waals surface area contributed by atoms with Crippen LogP contribution in [0.2, 0.25) is 0 Å². The molecule has 2 aromatic carbocycles. The zero-order valence-corrected chi connectivity index (χ0v) is 21.4. The third kappa shape index (κ3) is 7.21. The Bertz CT molecular complexity index is 1130. The lowest BCUT2D eigenvalue weighted by atomic mass is 9.75. The van der Waals surface area contributed by atoms with Gasteiger partial charge in [0.05, 0.1) is 0 Å². The van der Waals surface area contributed by atoms with Crippen molar-refractivity contribution in [1.29, 1.82) is 0 Å². The molecule has 0 spiro atoms. The average molecular weight is 492 g/mol. The van der Waals surface area contributed by atoms with Gasteiger partial charge in [0.1, 0.15) is 10.6 Å². The van der Waals surface area contributed by atoms with Crippen LogP contribution in [0.4, 0.5) is 5.13 Å². The van der Waals surface area contributed by atoms with E-state index in [9.17, 15) is 9.59 Å². The van der Waals surface area contributed by atoms with Crippen molar-refractivity contribution in [1.82, 2.24) is 10.2 Å². The summed E-state index contributed by atoms with van der Waals surface area (Å²) in [7, 11) is 0. The van der Waals surface area contributed by atoms with Gasteiger partial charge in [-0.05, 0) is 81.0 Å². The van der Waals surface area contributed by atoms with Crippen LogP contribution in [0.5, 0.6) is 0 Å². The van der Waals surface area contributed by atoms with Gasteiger partial charge in [0.15, 0.2) is 0 Å². The Kier molecular flexibility index (Phi) is 7.96. The van der Waals surface area contributed by atoms with E-state index >= 15 is 0 Å². The Balaban J connectivity index is 1.27. The normalized spacial score (nSPS) is 18.1. The Morgan fingerprint density at radius 3 is 2.34 bits per heavy atom. The van der Waals surface area contributed by atoms with Gasteiger partial charge in [0, 0.05) is 18.9 Å². The monoisotopic (exact) mass is 491 g/mol. The van der Waals surface area contributed by atoms with Crippen LogP contribution >= 0.6 is 11.3 Å². The third-order valence-electron chi connectivity index (χ3n) is 6.58. The van der Waals surface area contributed by atoms with Crippen LogP contribution in [0.25, 0.3) is 0 Å². The first-order valence-corrected chi connectivity index (χ1v) is 13.1. The van der Waals surface area contributed by atoms with Gasteiger partial charge in [-0.2, -0.15) is 0 Å². The maximum Gasteiger partial charge on any atom is 0.303 e. The Labute approximate surface area is 211 Å². The van der Waals surface area contributed by atoms with Gasteiger partial charge >= 0.3 is 5.97 Å². The standard InChI is InChI=1S/C28H33N3O3S/c1-19(32)34-28(2,3)18-21-9-11-22(12-10-21)23-13-15-24(16-14-23)26(33)29-27-31-30-25(35-27)17-20-7-5-4-6-8-20/h4-8,13-16,21-22H,9-12,17-18H2,1-3H3,(H,29,31,33). The van der Waals surface area contributed by atoms with E-state index in [0.29, 0.717) is 29.0 Å². The molecule has 6 nitrogen and oxygen atoms in total. The lowest BCUT2D eigenvalue weighted by Crippen LogP contribution is -2.31.